The Morgan fingerprint density at radius 3 is 2.70 bits per heavy atom. The molecule has 1 aliphatic carbocycles. The summed E-state index contributed by atoms with van der Waals surface area (Å²) in [6.45, 7) is 1.20. The van der Waals surface area contributed by atoms with Gasteiger partial charge in [-0.2, -0.15) is 0 Å². The number of hydrogen-bond donors (Lipinski definition) is 0. The number of carbonyl (C=O) groups excluding carboxylic acids is 2. The molecule has 0 N–H and O–H groups in total. The van der Waals surface area contributed by atoms with Crippen molar-refractivity contribution in [3.05, 3.63) is 59.2 Å². The number of aromatic nitrogens is 2. The molecule has 2 aromatic carbocycles. The number of amides is 2. The maximum absolute atomic E-state index is 12.9. The zero-order chi connectivity index (χ0) is 20.2. The summed E-state index contributed by atoms with van der Waals surface area (Å²) < 4.78 is 10.4. The summed E-state index contributed by atoms with van der Waals surface area (Å²) in [6.07, 6.45) is 1.92. The van der Waals surface area contributed by atoms with E-state index >= 15 is 0 Å². The number of benzene rings is 2. The smallest absolute Gasteiger partial charge is 0.411 e. The van der Waals surface area contributed by atoms with E-state index < -0.39 is 0 Å². The van der Waals surface area contributed by atoms with E-state index in [-0.39, 0.29) is 30.2 Å². The summed E-state index contributed by atoms with van der Waals surface area (Å²) in [7, 11) is 0. The Labute approximate surface area is 172 Å². The first-order valence-electron chi connectivity index (χ1n) is 10.3. The van der Waals surface area contributed by atoms with Crippen LogP contribution in [0.15, 0.2) is 47.1 Å². The molecule has 1 aromatic heterocycles. The minimum atomic E-state index is -0.228. The second-order valence-electron chi connectivity index (χ2n) is 8.17. The van der Waals surface area contributed by atoms with Gasteiger partial charge in [-0.25, -0.2) is 9.42 Å². The first-order valence-corrected chi connectivity index (χ1v) is 10.3. The molecule has 0 radical (unpaired) electrons. The Bertz CT molecular complexity index is 1150. The highest BCUT2D eigenvalue weighted by atomic mass is 16.6. The minimum absolute atomic E-state index is 0.0111. The molecule has 2 saturated heterocycles. The average Bonchev–Trinajstić information content (AvgIpc) is 3.46. The van der Waals surface area contributed by atoms with Crippen molar-refractivity contribution >= 4 is 23.0 Å². The number of carbonyl (C=O) groups is 2. The van der Waals surface area contributed by atoms with Crippen molar-refractivity contribution in [1.29, 1.82) is 0 Å². The average molecular weight is 404 g/mol. The third-order valence-corrected chi connectivity index (χ3v) is 6.56. The fourth-order valence-electron chi connectivity index (χ4n) is 5.10. The van der Waals surface area contributed by atoms with Crippen LogP contribution in [-0.4, -0.2) is 57.3 Å². The first-order chi connectivity index (χ1) is 14.7. The van der Waals surface area contributed by atoms with Crippen molar-refractivity contribution in [2.24, 2.45) is 0 Å². The third kappa shape index (κ3) is 2.59. The summed E-state index contributed by atoms with van der Waals surface area (Å²) in [5.74, 6) is -0.0357. The highest BCUT2D eigenvalue weighted by Gasteiger charge is 2.50. The van der Waals surface area contributed by atoms with Gasteiger partial charge in [0.1, 0.15) is 17.1 Å². The fourth-order valence-corrected chi connectivity index (χ4v) is 5.10. The lowest BCUT2D eigenvalue weighted by Crippen LogP contribution is -2.47. The summed E-state index contributed by atoms with van der Waals surface area (Å²) >= 11 is 0. The SMILES string of the molecule is O=C(c1ccc2nonc2c1)N1CCC(N2C(=O)O[C@@H]3Cc4ccccc4[C@@H]32)CC1. The number of hydrogen-bond acceptors (Lipinski definition) is 6. The predicted molar refractivity (Wildman–Crippen MR) is 106 cm³/mol. The van der Waals surface area contributed by atoms with Crippen LogP contribution < -0.4 is 0 Å². The van der Waals surface area contributed by atoms with E-state index in [1.807, 2.05) is 21.9 Å². The van der Waals surface area contributed by atoms with Crippen LogP contribution >= 0.6 is 0 Å². The van der Waals surface area contributed by atoms with E-state index in [1.54, 1.807) is 18.2 Å². The Balaban J connectivity index is 1.18. The Hall–Kier alpha value is -3.42. The van der Waals surface area contributed by atoms with Gasteiger partial charge in [0.2, 0.25) is 0 Å². The second kappa shape index (κ2) is 6.55. The van der Waals surface area contributed by atoms with Crippen molar-refractivity contribution in [3.8, 4) is 0 Å². The van der Waals surface area contributed by atoms with E-state index in [4.69, 9.17) is 9.37 Å². The lowest BCUT2D eigenvalue weighted by molar-refractivity contribution is 0.0636. The Morgan fingerprint density at radius 1 is 1.03 bits per heavy atom. The van der Waals surface area contributed by atoms with Crippen LogP contribution in [0.1, 0.15) is 40.4 Å². The zero-order valence-electron chi connectivity index (χ0n) is 16.2. The van der Waals surface area contributed by atoms with Gasteiger partial charge < -0.3 is 9.64 Å². The number of ether oxygens (including phenoxy) is 1. The summed E-state index contributed by atoms with van der Waals surface area (Å²) in [5, 5.41) is 7.59. The highest BCUT2D eigenvalue weighted by Crippen LogP contribution is 2.44. The summed E-state index contributed by atoms with van der Waals surface area (Å²) in [6, 6.07) is 13.5. The number of nitrogens with zero attached hydrogens (tertiary/aromatic N) is 4. The van der Waals surface area contributed by atoms with Crippen LogP contribution in [0.3, 0.4) is 0 Å². The monoisotopic (exact) mass is 404 g/mol. The maximum atomic E-state index is 12.9. The molecule has 6 rings (SSSR count). The zero-order valence-corrected chi connectivity index (χ0v) is 16.2. The largest absolute Gasteiger partial charge is 0.443 e. The molecule has 3 aromatic rings. The van der Waals surface area contributed by atoms with Crippen LogP contribution in [0.4, 0.5) is 4.79 Å². The summed E-state index contributed by atoms with van der Waals surface area (Å²) in [5.41, 5.74) is 4.23. The van der Waals surface area contributed by atoms with E-state index in [2.05, 4.69) is 22.4 Å². The van der Waals surface area contributed by atoms with Gasteiger partial charge in [-0.15, -0.1) is 0 Å². The van der Waals surface area contributed by atoms with Crippen LogP contribution in [0.5, 0.6) is 0 Å². The highest BCUT2D eigenvalue weighted by molar-refractivity contribution is 5.97. The van der Waals surface area contributed by atoms with Crippen LogP contribution in [0.2, 0.25) is 0 Å². The number of rotatable bonds is 2. The Morgan fingerprint density at radius 2 is 1.83 bits per heavy atom. The van der Waals surface area contributed by atoms with Crippen molar-refractivity contribution < 1.29 is 19.0 Å². The number of fused-ring (bicyclic) bond motifs is 4. The molecule has 2 fully saturated rings. The molecular formula is C22H20N4O4. The molecule has 8 heteroatoms. The molecule has 0 spiro atoms. The predicted octanol–water partition coefficient (Wildman–Crippen LogP) is 2.95. The van der Waals surface area contributed by atoms with Gasteiger partial charge in [0.25, 0.3) is 5.91 Å². The molecule has 30 heavy (non-hydrogen) atoms. The second-order valence-corrected chi connectivity index (χ2v) is 8.17. The van der Waals surface area contributed by atoms with Crippen LogP contribution in [0.25, 0.3) is 11.0 Å². The number of piperidine rings is 1. The summed E-state index contributed by atoms with van der Waals surface area (Å²) in [4.78, 5) is 29.3. The van der Waals surface area contributed by atoms with Crippen molar-refractivity contribution in [2.75, 3.05) is 13.1 Å². The van der Waals surface area contributed by atoms with Crippen molar-refractivity contribution in [3.63, 3.8) is 0 Å². The maximum Gasteiger partial charge on any atom is 0.411 e. The van der Waals surface area contributed by atoms with Crippen molar-refractivity contribution in [1.82, 2.24) is 20.1 Å². The van der Waals surface area contributed by atoms with E-state index in [0.717, 1.165) is 19.3 Å². The molecule has 8 nitrogen and oxygen atoms in total. The van der Waals surface area contributed by atoms with Gasteiger partial charge in [0.15, 0.2) is 0 Å². The topological polar surface area (TPSA) is 88.8 Å². The van der Waals surface area contributed by atoms with Gasteiger partial charge in [-0.1, -0.05) is 24.3 Å². The quantitative estimate of drug-likeness (QED) is 0.653. The van der Waals surface area contributed by atoms with E-state index in [0.29, 0.717) is 29.7 Å². The molecule has 152 valence electrons. The molecule has 2 aliphatic heterocycles. The lowest BCUT2D eigenvalue weighted by atomic mass is 9.98. The van der Waals surface area contributed by atoms with Crippen LogP contribution in [0, 0.1) is 0 Å². The van der Waals surface area contributed by atoms with E-state index in [1.165, 1.54) is 11.1 Å². The normalized spacial score (nSPS) is 23.5. The van der Waals surface area contributed by atoms with Gasteiger partial charge in [0, 0.05) is 31.1 Å². The fraction of sp³-hybridized carbons (Fsp3) is 0.364. The molecule has 3 heterocycles. The minimum Gasteiger partial charge on any atom is -0.443 e. The molecule has 3 aliphatic rings. The van der Waals surface area contributed by atoms with E-state index in [9.17, 15) is 9.59 Å². The standard InChI is InChI=1S/C22H20N4O4/c27-21(14-5-6-17-18(11-14)24-30-23-17)25-9-7-15(8-10-25)26-20-16-4-2-1-3-13(16)12-19(20)29-22(26)28/h1-6,11,15,19-20H,7-10,12H2/t19-,20+/m1/s1. The third-order valence-electron chi connectivity index (χ3n) is 6.56. The molecule has 2 atom stereocenters. The molecular weight excluding hydrogens is 384 g/mol. The van der Waals surface area contributed by atoms with Gasteiger partial charge in [0.05, 0.1) is 6.04 Å². The van der Waals surface area contributed by atoms with Crippen molar-refractivity contribution in [2.45, 2.75) is 37.5 Å². The molecule has 2 amide bonds. The number of likely N-dealkylation sites (tertiary alicyclic amines) is 1. The molecule has 0 unspecified atom stereocenters. The Kier molecular flexibility index (Phi) is 3.81. The van der Waals surface area contributed by atoms with Gasteiger partial charge >= 0.3 is 6.09 Å². The van der Waals surface area contributed by atoms with Crippen LogP contribution in [-0.2, 0) is 11.2 Å². The first kappa shape index (κ1) is 17.4. The van der Waals surface area contributed by atoms with Gasteiger partial charge in [-0.05, 0) is 52.5 Å². The van der Waals surface area contributed by atoms with Gasteiger partial charge in [-0.3, -0.25) is 9.69 Å². The lowest BCUT2D eigenvalue weighted by Gasteiger charge is -2.38. The molecule has 0 bridgehead atoms. The molecule has 0 saturated carbocycles.